The average Bonchev–Trinajstić information content (AvgIpc) is 2.82. The van der Waals surface area contributed by atoms with E-state index >= 15 is 0 Å². The standard InChI is InChI=1S/C14H18ClNO2S/c1-19-11-4-5-13(15)12(7-11)14(18)16-8-9-2-3-10(17)6-9/h4-5,7,9-10,17H,2-3,6,8H2,1H3,(H,16,18). The Morgan fingerprint density at radius 1 is 1.53 bits per heavy atom. The van der Waals surface area contributed by atoms with Crippen LogP contribution < -0.4 is 5.32 Å². The van der Waals surface area contributed by atoms with Gasteiger partial charge in [0.2, 0.25) is 0 Å². The number of amides is 1. The van der Waals surface area contributed by atoms with E-state index in [-0.39, 0.29) is 12.0 Å². The van der Waals surface area contributed by atoms with Crippen LogP contribution in [0.3, 0.4) is 0 Å². The van der Waals surface area contributed by atoms with Crippen molar-refractivity contribution in [1.82, 2.24) is 5.32 Å². The second-order valence-corrected chi connectivity index (χ2v) is 6.18. The fourth-order valence-corrected chi connectivity index (χ4v) is 3.01. The number of hydrogen-bond donors (Lipinski definition) is 2. The Hall–Kier alpha value is -0.710. The van der Waals surface area contributed by atoms with Gasteiger partial charge in [0, 0.05) is 11.4 Å². The first-order valence-electron chi connectivity index (χ1n) is 6.40. The first-order valence-corrected chi connectivity index (χ1v) is 8.00. The van der Waals surface area contributed by atoms with Gasteiger partial charge in [-0.3, -0.25) is 4.79 Å². The first kappa shape index (κ1) is 14.7. The van der Waals surface area contributed by atoms with E-state index in [9.17, 15) is 9.90 Å². The van der Waals surface area contributed by atoms with Crippen LogP contribution in [0.4, 0.5) is 0 Å². The quantitative estimate of drug-likeness (QED) is 0.841. The predicted molar refractivity (Wildman–Crippen MR) is 78.9 cm³/mol. The Morgan fingerprint density at radius 2 is 2.32 bits per heavy atom. The molecule has 1 amide bonds. The number of halogens is 1. The maximum atomic E-state index is 12.1. The van der Waals surface area contributed by atoms with Gasteiger partial charge in [-0.1, -0.05) is 11.6 Å². The zero-order valence-corrected chi connectivity index (χ0v) is 12.4. The molecule has 1 aliphatic rings. The van der Waals surface area contributed by atoms with Crippen molar-refractivity contribution < 1.29 is 9.90 Å². The van der Waals surface area contributed by atoms with E-state index in [2.05, 4.69) is 5.32 Å². The van der Waals surface area contributed by atoms with E-state index < -0.39 is 0 Å². The highest BCUT2D eigenvalue weighted by atomic mass is 35.5. The number of thioether (sulfide) groups is 1. The highest BCUT2D eigenvalue weighted by Crippen LogP contribution is 2.25. The lowest BCUT2D eigenvalue weighted by molar-refractivity contribution is 0.0945. The number of rotatable bonds is 4. The minimum absolute atomic E-state index is 0.137. The zero-order chi connectivity index (χ0) is 13.8. The molecule has 2 atom stereocenters. The molecule has 2 unspecified atom stereocenters. The van der Waals surface area contributed by atoms with Crippen LogP contribution in [0.25, 0.3) is 0 Å². The number of hydrogen-bond acceptors (Lipinski definition) is 3. The number of aliphatic hydroxyl groups is 1. The molecule has 0 saturated heterocycles. The summed E-state index contributed by atoms with van der Waals surface area (Å²) in [5.41, 5.74) is 0.520. The fourth-order valence-electron chi connectivity index (χ4n) is 2.37. The Labute approximate surface area is 122 Å². The molecule has 1 saturated carbocycles. The summed E-state index contributed by atoms with van der Waals surface area (Å²) in [4.78, 5) is 13.1. The van der Waals surface area contributed by atoms with Gasteiger partial charge in [0.05, 0.1) is 16.7 Å². The van der Waals surface area contributed by atoms with Gasteiger partial charge in [-0.15, -0.1) is 11.8 Å². The third-order valence-corrected chi connectivity index (χ3v) is 4.54. The lowest BCUT2D eigenvalue weighted by Crippen LogP contribution is -2.28. The molecule has 0 spiro atoms. The van der Waals surface area contributed by atoms with Gasteiger partial charge in [0.15, 0.2) is 0 Å². The molecule has 0 radical (unpaired) electrons. The van der Waals surface area contributed by atoms with Crippen molar-refractivity contribution in [2.45, 2.75) is 30.3 Å². The van der Waals surface area contributed by atoms with Crippen molar-refractivity contribution >= 4 is 29.3 Å². The molecule has 3 nitrogen and oxygen atoms in total. The summed E-state index contributed by atoms with van der Waals surface area (Å²) in [5.74, 6) is 0.240. The molecule has 2 N–H and O–H groups in total. The van der Waals surface area contributed by atoms with Crippen LogP contribution in [0.1, 0.15) is 29.6 Å². The highest BCUT2D eigenvalue weighted by Gasteiger charge is 2.23. The molecule has 5 heteroatoms. The number of carbonyl (C=O) groups is 1. The van der Waals surface area contributed by atoms with Gasteiger partial charge >= 0.3 is 0 Å². The number of benzene rings is 1. The maximum absolute atomic E-state index is 12.1. The zero-order valence-electron chi connectivity index (χ0n) is 10.9. The number of nitrogens with one attached hydrogen (secondary N) is 1. The fraction of sp³-hybridized carbons (Fsp3) is 0.500. The molecule has 2 rings (SSSR count). The summed E-state index contributed by atoms with van der Waals surface area (Å²) >= 11 is 7.64. The molecule has 1 aliphatic carbocycles. The second kappa shape index (κ2) is 6.64. The Morgan fingerprint density at radius 3 is 2.95 bits per heavy atom. The molecule has 0 aromatic heterocycles. The summed E-state index contributed by atoms with van der Waals surface area (Å²) in [5, 5.41) is 12.8. The molecule has 0 aliphatic heterocycles. The van der Waals surface area contributed by atoms with E-state index in [1.54, 1.807) is 17.8 Å². The second-order valence-electron chi connectivity index (χ2n) is 4.89. The highest BCUT2D eigenvalue weighted by molar-refractivity contribution is 7.98. The largest absolute Gasteiger partial charge is 0.393 e. The summed E-state index contributed by atoms with van der Waals surface area (Å²) in [7, 11) is 0. The monoisotopic (exact) mass is 299 g/mol. The van der Waals surface area contributed by atoms with Gasteiger partial charge in [0.25, 0.3) is 5.91 Å². The first-order chi connectivity index (χ1) is 9.10. The van der Waals surface area contributed by atoms with Crippen LogP contribution in [-0.2, 0) is 0 Å². The van der Waals surface area contributed by atoms with Crippen LogP contribution >= 0.6 is 23.4 Å². The van der Waals surface area contributed by atoms with E-state index in [1.165, 1.54) is 0 Å². The Bertz CT molecular complexity index is 467. The van der Waals surface area contributed by atoms with Crippen LogP contribution in [-0.4, -0.2) is 29.9 Å². The van der Waals surface area contributed by atoms with Crippen molar-refractivity contribution in [2.24, 2.45) is 5.92 Å². The van der Waals surface area contributed by atoms with Gasteiger partial charge in [-0.2, -0.15) is 0 Å². The number of carbonyl (C=O) groups excluding carboxylic acids is 1. The number of aliphatic hydroxyl groups excluding tert-OH is 1. The molecular weight excluding hydrogens is 282 g/mol. The lowest BCUT2D eigenvalue weighted by Gasteiger charge is -2.12. The Balaban J connectivity index is 1.96. The van der Waals surface area contributed by atoms with Gasteiger partial charge in [-0.05, 0) is 49.6 Å². The lowest BCUT2D eigenvalue weighted by atomic mass is 10.1. The molecule has 104 valence electrons. The van der Waals surface area contributed by atoms with Crippen LogP contribution in [0.2, 0.25) is 5.02 Å². The SMILES string of the molecule is CSc1ccc(Cl)c(C(=O)NCC2CCC(O)C2)c1. The van der Waals surface area contributed by atoms with Gasteiger partial charge in [-0.25, -0.2) is 0 Å². The minimum Gasteiger partial charge on any atom is -0.393 e. The summed E-state index contributed by atoms with van der Waals surface area (Å²) < 4.78 is 0. The van der Waals surface area contributed by atoms with Gasteiger partial charge in [0.1, 0.15) is 0 Å². The van der Waals surface area contributed by atoms with E-state index in [1.807, 2.05) is 18.4 Å². The minimum atomic E-state index is -0.203. The molecule has 0 bridgehead atoms. The van der Waals surface area contributed by atoms with Crippen molar-refractivity contribution in [3.8, 4) is 0 Å². The molecule has 1 aromatic rings. The van der Waals surface area contributed by atoms with Crippen LogP contribution in [0, 0.1) is 5.92 Å². The van der Waals surface area contributed by atoms with Crippen LogP contribution in [0.15, 0.2) is 23.1 Å². The summed E-state index contributed by atoms with van der Waals surface area (Å²) in [6.45, 7) is 0.607. The predicted octanol–water partition coefficient (Wildman–Crippen LogP) is 2.95. The molecule has 1 aromatic carbocycles. The smallest absolute Gasteiger partial charge is 0.252 e. The van der Waals surface area contributed by atoms with Crippen molar-refractivity contribution in [1.29, 1.82) is 0 Å². The van der Waals surface area contributed by atoms with Crippen molar-refractivity contribution in [3.05, 3.63) is 28.8 Å². The van der Waals surface area contributed by atoms with Crippen molar-refractivity contribution in [3.63, 3.8) is 0 Å². The molecular formula is C14H18ClNO2S. The topological polar surface area (TPSA) is 49.3 Å². The maximum Gasteiger partial charge on any atom is 0.252 e. The Kier molecular flexibility index (Phi) is 5.13. The van der Waals surface area contributed by atoms with E-state index in [0.717, 1.165) is 24.2 Å². The third kappa shape index (κ3) is 3.88. The van der Waals surface area contributed by atoms with Gasteiger partial charge < -0.3 is 10.4 Å². The normalized spacial score (nSPS) is 22.5. The molecule has 0 heterocycles. The molecule has 1 fully saturated rings. The third-order valence-electron chi connectivity index (χ3n) is 3.48. The summed E-state index contributed by atoms with van der Waals surface area (Å²) in [6.07, 6.45) is 4.35. The molecule has 19 heavy (non-hydrogen) atoms. The summed E-state index contributed by atoms with van der Waals surface area (Å²) in [6, 6.07) is 5.46. The van der Waals surface area contributed by atoms with E-state index in [4.69, 9.17) is 11.6 Å². The van der Waals surface area contributed by atoms with E-state index in [0.29, 0.717) is 23.0 Å². The average molecular weight is 300 g/mol. The van der Waals surface area contributed by atoms with Crippen molar-refractivity contribution in [2.75, 3.05) is 12.8 Å². The van der Waals surface area contributed by atoms with Crippen LogP contribution in [0.5, 0.6) is 0 Å².